The lowest BCUT2D eigenvalue weighted by Crippen LogP contribution is -2.28. The molecule has 3 rings (SSSR count). The fraction of sp³-hybridized carbons (Fsp3) is 0.111. The predicted octanol–water partition coefficient (Wildman–Crippen LogP) is 3.05. The van der Waals surface area contributed by atoms with Gasteiger partial charge >= 0.3 is 5.97 Å². The van der Waals surface area contributed by atoms with Crippen LogP contribution in [0.4, 0.5) is 0 Å². The summed E-state index contributed by atoms with van der Waals surface area (Å²) in [6.07, 6.45) is 2.96. The minimum absolute atomic E-state index is 0.207. The number of hydrogen-bond donors (Lipinski definition) is 1. The van der Waals surface area contributed by atoms with Gasteiger partial charge in [-0.15, -0.1) is 0 Å². The van der Waals surface area contributed by atoms with E-state index in [0.717, 1.165) is 5.69 Å². The Morgan fingerprint density at radius 1 is 1.11 bits per heavy atom. The van der Waals surface area contributed by atoms with Crippen LogP contribution in [-0.2, 0) is 16.1 Å². The highest BCUT2D eigenvalue weighted by Gasteiger charge is 2.11. The van der Waals surface area contributed by atoms with Crippen LogP contribution in [0.1, 0.15) is 15.9 Å². The van der Waals surface area contributed by atoms with E-state index >= 15 is 0 Å². The second-order valence-corrected chi connectivity index (χ2v) is 6.32. The fourth-order valence-corrected chi connectivity index (χ4v) is 2.69. The second-order valence-electron chi connectivity index (χ2n) is 5.48. The molecule has 0 unspecified atom stereocenters. The van der Waals surface area contributed by atoms with Gasteiger partial charge in [-0.25, -0.2) is 14.5 Å². The molecule has 0 radical (unpaired) electrons. The molecule has 138 valence electrons. The molecule has 0 spiro atoms. The highest BCUT2D eigenvalue weighted by Crippen LogP contribution is 2.20. The van der Waals surface area contributed by atoms with E-state index < -0.39 is 18.5 Å². The third-order valence-electron chi connectivity index (χ3n) is 3.61. The average molecular weight is 405 g/mol. The monoisotopic (exact) mass is 404 g/mol. The van der Waals surface area contributed by atoms with Crippen molar-refractivity contribution in [2.45, 2.75) is 6.54 Å². The Hall–Kier alpha value is -2.90. The molecule has 9 heteroatoms. The zero-order chi connectivity index (χ0) is 19.2. The number of nitrogens with one attached hydrogen (secondary N) is 1. The molecule has 2 aromatic carbocycles. The van der Waals surface area contributed by atoms with E-state index in [4.69, 9.17) is 27.9 Å². The van der Waals surface area contributed by atoms with Gasteiger partial charge in [-0.05, 0) is 42.0 Å². The van der Waals surface area contributed by atoms with Crippen molar-refractivity contribution in [3.63, 3.8) is 0 Å². The first-order valence-electron chi connectivity index (χ1n) is 7.86. The highest BCUT2D eigenvalue weighted by molar-refractivity contribution is 6.35. The Labute approximate surface area is 164 Å². The Kier molecular flexibility index (Phi) is 6.05. The summed E-state index contributed by atoms with van der Waals surface area (Å²) in [5, 5.41) is 7.59. The number of ether oxygens (including phenoxy) is 1. The molecule has 0 saturated heterocycles. The van der Waals surface area contributed by atoms with Crippen LogP contribution < -0.4 is 5.32 Å². The quantitative estimate of drug-likeness (QED) is 0.638. The minimum Gasteiger partial charge on any atom is -0.452 e. The molecule has 0 saturated carbocycles. The van der Waals surface area contributed by atoms with Crippen molar-refractivity contribution in [1.82, 2.24) is 20.1 Å². The van der Waals surface area contributed by atoms with Gasteiger partial charge in [-0.1, -0.05) is 29.3 Å². The standard InChI is InChI=1S/C18H14Cl2N4O3/c19-14-4-1-13(16(20)7-14)8-22-17(25)9-27-18(26)12-2-5-15(6-3-12)24-11-21-10-23-24/h1-7,10-11H,8-9H2,(H,22,25). The predicted molar refractivity (Wildman–Crippen MR) is 100.0 cm³/mol. The van der Waals surface area contributed by atoms with Crippen LogP contribution in [0.5, 0.6) is 0 Å². The minimum atomic E-state index is -0.597. The Morgan fingerprint density at radius 2 is 1.89 bits per heavy atom. The van der Waals surface area contributed by atoms with Gasteiger partial charge < -0.3 is 10.1 Å². The van der Waals surface area contributed by atoms with Crippen LogP contribution >= 0.6 is 23.2 Å². The van der Waals surface area contributed by atoms with E-state index in [9.17, 15) is 9.59 Å². The molecule has 1 heterocycles. The van der Waals surface area contributed by atoms with Crippen molar-refractivity contribution < 1.29 is 14.3 Å². The summed E-state index contributed by atoms with van der Waals surface area (Å²) in [4.78, 5) is 27.8. The lowest BCUT2D eigenvalue weighted by molar-refractivity contribution is -0.124. The maximum absolute atomic E-state index is 12.0. The lowest BCUT2D eigenvalue weighted by Gasteiger charge is -2.08. The zero-order valence-electron chi connectivity index (χ0n) is 13.9. The molecule has 1 amide bonds. The van der Waals surface area contributed by atoms with Gasteiger partial charge in [0.15, 0.2) is 6.61 Å². The molecule has 3 aromatic rings. The highest BCUT2D eigenvalue weighted by atomic mass is 35.5. The number of halogens is 2. The van der Waals surface area contributed by atoms with Gasteiger partial charge in [0.2, 0.25) is 0 Å². The number of hydrogen-bond acceptors (Lipinski definition) is 5. The van der Waals surface area contributed by atoms with Crippen LogP contribution in [0.3, 0.4) is 0 Å². The number of carbonyl (C=O) groups excluding carboxylic acids is 2. The average Bonchev–Trinajstić information content (AvgIpc) is 3.20. The summed E-state index contributed by atoms with van der Waals surface area (Å²) in [6, 6.07) is 11.6. The van der Waals surface area contributed by atoms with E-state index in [1.165, 1.54) is 6.33 Å². The molecule has 1 N–H and O–H groups in total. The molecule has 0 aliphatic carbocycles. The van der Waals surface area contributed by atoms with E-state index in [1.807, 2.05) is 0 Å². The maximum Gasteiger partial charge on any atom is 0.338 e. The molecule has 0 fully saturated rings. The third-order valence-corrected chi connectivity index (χ3v) is 4.20. The summed E-state index contributed by atoms with van der Waals surface area (Å²) >= 11 is 11.9. The normalized spacial score (nSPS) is 10.4. The number of rotatable bonds is 6. The summed E-state index contributed by atoms with van der Waals surface area (Å²) < 4.78 is 6.58. The van der Waals surface area contributed by atoms with Gasteiger partial charge in [0.05, 0.1) is 11.3 Å². The number of carbonyl (C=O) groups is 2. The van der Waals surface area contributed by atoms with Crippen LogP contribution in [-0.4, -0.2) is 33.2 Å². The second kappa shape index (κ2) is 8.66. The van der Waals surface area contributed by atoms with Crippen molar-refractivity contribution >= 4 is 35.1 Å². The summed E-state index contributed by atoms with van der Waals surface area (Å²) in [5.41, 5.74) is 1.79. The molecular weight excluding hydrogens is 391 g/mol. The van der Waals surface area contributed by atoms with E-state index in [2.05, 4.69) is 15.4 Å². The zero-order valence-corrected chi connectivity index (χ0v) is 15.4. The molecular formula is C18H14Cl2N4O3. The van der Waals surface area contributed by atoms with E-state index in [-0.39, 0.29) is 6.54 Å². The lowest BCUT2D eigenvalue weighted by atomic mass is 10.2. The van der Waals surface area contributed by atoms with Crippen LogP contribution in [0.2, 0.25) is 10.0 Å². The van der Waals surface area contributed by atoms with Gasteiger partial charge in [0.1, 0.15) is 12.7 Å². The van der Waals surface area contributed by atoms with Gasteiger partial charge in [-0.2, -0.15) is 5.10 Å². The van der Waals surface area contributed by atoms with E-state index in [0.29, 0.717) is 21.2 Å². The van der Waals surface area contributed by atoms with Crippen LogP contribution in [0.15, 0.2) is 55.1 Å². The first-order valence-corrected chi connectivity index (χ1v) is 8.61. The van der Waals surface area contributed by atoms with Gasteiger partial charge in [-0.3, -0.25) is 4.79 Å². The van der Waals surface area contributed by atoms with E-state index in [1.54, 1.807) is 53.5 Å². The molecule has 1 aromatic heterocycles. The Morgan fingerprint density at radius 3 is 2.56 bits per heavy atom. The SMILES string of the molecule is O=C(COC(=O)c1ccc(-n2cncn2)cc1)NCc1ccc(Cl)cc1Cl. The summed E-state index contributed by atoms with van der Waals surface area (Å²) in [5.74, 6) is -1.03. The van der Waals surface area contributed by atoms with Crippen molar-refractivity contribution in [1.29, 1.82) is 0 Å². The number of benzene rings is 2. The van der Waals surface area contributed by atoms with Crippen molar-refractivity contribution in [3.05, 3.63) is 76.3 Å². The largest absolute Gasteiger partial charge is 0.452 e. The number of amides is 1. The number of nitrogens with zero attached hydrogens (tertiary/aromatic N) is 3. The first kappa shape index (κ1) is 18.9. The van der Waals surface area contributed by atoms with Crippen molar-refractivity contribution in [3.8, 4) is 5.69 Å². The summed E-state index contributed by atoms with van der Waals surface area (Å²) in [7, 11) is 0. The number of esters is 1. The Bertz CT molecular complexity index is 944. The Balaban J connectivity index is 1.49. The molecule has 0 bridgehead atoms. The smallest absolute Gasteiger partial charge is 0.338 e. The fourth-order valence-electron chi connectivity index (χ4n) is 2.22. The molecule has 7 nitrogen and oxygen atoms in total. The van der Waals surface area contributed by atoms with Crippen LogP contribution in [0.25, 0.3) is 5.69 Å². The van der Waals surface area contributed by atoms with Gasteiger partial charge in [0.25, 0.3) is 5.91 Å². The maximum atomic E-state index is 12.0. The van der Waals surface area contributed by atoms with Crippen LogP contribution in [0, 0.1) is 0 Å². The van der Waals surface area contributed by atoms with Crippen molar-refractivity contribution in [2.75, 3.05) is 6.61 Å². The summed E-state index contributed by atoms with van der Waals surface area (Å²) in [6.45, 7) is -0.187. The van der Waals surface area contributed by atoms with Gasteiger partial charge in [0, 0.05) is 16.6 Å². The first-order chi connectivity index (χ1) is 13.0. The third kappa shape index (κ3) is 5.06. The number of aromatic nitrogens is 3. The molecule has 0 aliphatic rings. The molecule has 0 aliphatic heterocycles. The molecule has 27 heavy (non-hydrogen) atoms. The van der Waals surface area contributed by atoms with Crippen molar-refractivity contribution in [2.24, 2.45) is 0 Å². The molecule has 0 atom stereocenters. The topological polar surface area (TPSA) is 86.1 Å².